The van der Waals surface area contributed by atoms with Crippen LogP contribution >= 0.6 is 0 Å². The van der Waals surface area contributed by atoms with Crippen molar-refractivity contribution in [1.82, 2.24) is 10.0 Å². The largest absolute Gasteiger partial charge is 0.312 e. The Morgan fingerprint density at radius 3 is 2.55 bits per heavy atom. The molecule has 0 aromatic heterocycles. The maximum Gasteiger partial charge on any atom is 0.208 e. The SMILES string of the molecule is C=CCNCCNS(C)(=O)=O. The van der Waals surface area contributed by atoms with E-state index in [1.165, 1.54) is 0 Å². The van der Waals surface area contributed by atoms with Gasteiger partial charge in [0.1, 0.15) is 0 Å². The minimum Gasteiger partial charge on any atom is -0.312 e. The van der Waals surface area contributed by atoms with E-state index in [4.69, 9.17) is 0 Å². The fraction of sp³-hybridized carbons (Fsp3) is 0.667. The first-order valence-electron chi connectivity index (χ1n) is 3.32. The zero-order valence-electron chi connectivity index (χ0n) is 6.63. The van der Waals surface area contributed by atoms with Gasteiger partial charge in [0, 0.05) is 19.6 Å². The molecule has 5 heteroatoms. The van der Waals surface area contributed by atoms with Crippen LogP contribution in [0.15, 0.2) is 12.7 Å². The fourth-order valence-electron chi connectivity index (χ4n) is 0.529. The van der Waals surface area contributed by atoms with Gasteiger partial charge in [-0.15, -0.1) is 6.58 Å². The molecule has 0 unspecified atom stereocenters. The van der Waals surface area contributed by atoms with Crippen LogP contribution in [0.5, 0.6) is 0 Å². The van der Waals surface area contributed by atoms with E-state index in [0.29, 0.717) is 19.6 Å². The highest BCUT2D eigenvalue weighted by Crippen LogP contribution is 1.70. The van der Waals surface area contributed by atoms with E-state index in [2.05, 4.69) is 16.6 Å². The van der Waals surface area contributed by atoms with Crippen molar-refractivity contribution in [1.29, 1.82) is 0 Å². The van der Waals surface area contributed by atoms with Gasteiger partial charge in [-0.3, -0.25) is 0 Å². The molecule has 0 aliphatic carbocycles. The third-order valence-corrected chi connectivity index (χ3v) is 1.68. The van der Waals surface area contributed by atoms with Crippen molar-refractivity contribution in [2.75, 3.05) is 25.9 Å². The molecular formula is C6H14N2O2S. The van der Waals surface area contributed by atoms with E-state index >= 15 is 0 Å². The van der Waals surface area contributed by atoms with E-state index in [9.17, 15) is 8.42 Å². The topological polar surface area (TPSA) is 58.2 Å². The molecule has 4 nitrogen and oxygen atoms in total. The minimum absolute atomic E-state index is 0.423. The monoisotopic (exact) mass is 178 g/mol. The molecule has 0 aliphatic heterocycles. The Morgan fingerprint density at radius 2 is 2.09 bits per heavy atom. The molecule has 0 amide bonds. The normalized spacial score (nSPS) is 11.4. The van der Waals surface area contributed by atoms with Crippen LogP contribution in [0.2, 0.25) is 0 Å². The highest BCUT2D eigenvalue weighted by atomic mass is 32.2. The lowest BCUT2D eigenvalue weighted by Crippen LogP contribution is -2.31. The van der Waals surface area contributed by atoms with Crippen molar-refractivity contribution in [2.45, 2.75) is 0 Å². The van der Waals surface area contributed by atoms with Crippen LogP contribution < -0.4 is 10.0 Å². The lowest BCUT2D eigenvalue weighted by Gasteiger charge is -2.01. The first-order chi connectivity index (χ1) is 5.06. The van der Waals surface area contributed by atoms with E-state index in [-0.39, 0.29) is 0 Å². The van der Waals surface area contributed by atoms with Crippen LogP contribution in [0.3, 0.4) is 0 Å². The summed E-state index contributed by atoms with van der Waals surface area (Å²) >= 11 is 0. The Morgan fingerprint density at radius 1 is 1.45 bits per heavy atom. The summed E-state index contributed by atoms with van der Waals surface area (Å²) in [6.45, 7) is 5.25. The van der Waals surface area contributed by atoms with Crippen molar-refractivity contribution in [3.63, 3.8) is 0 Å². The van der Waals surface area contributed by atoms with Gasteiger partial charge in [-0.2, -0.15) is 0 Å². The third kappa shape index (κ3) is 9.61. The molecule has 0 aliphatic rings. The van der Waals surface area contributed by atoms with Gasteiger partial charge in [-0.1, -0.05) is 6.08 Å². The van der Waals surface area contributed by atoms with Gasteiger partial charge in [0.05, 0.1) is 6.26 Å². The molecule has 0 bridgehead atoms. The average Bonchev–Trinajstić information content (AvgIpc) is 1.85. The molecule has 0 saturated carbocycles. The van der Waals surface area contributed by atoms with Gasteiger partial charge in [-0.25, -0.2) is 13.1 Å². The molecule has 0 atom stereocenters. The van der Waals surface area contributed by atoms with Crippen molar-refractivity contribution >= 4 is 10.0 Å². The Bertz CT molecular complexity index is 199. The Kier molecular flexibility index (Phi) is 5.10. The second kappa shape index (κ2) is 5.29. The molecule has 2 N–H and O–H groups in total. The van der Waals surface area contributed by atoms with Crippen molar-refractivity contribution < 1.29 is 8.42 Å². The molecule has 0 spiro atoms. The molecule has 0 heterocycles. The summed E-state index contributed by atoms with van der Waals surface area (Å²) in [6, 6.07) is 0. The van der Waals surface area contributed by atoms with E-state index in [1.807, 2.05) is 0 Å². The van der Waals surface area contributed by atoms with Gasteiger partial charge >= 0.3 is 0 Å². The smallest absolute Gasteiger partial charge is 0.208 e. The first-order valence-corrected chi connectivity index (χ1v) is 5.21. The predicted molar refractivity (Wildman–Crippen MR) is 45.9 cm³/mol. The second-order valence-electron chi connectivity index (χ2n) is 2.16. The zero-order valence-corrected chi connectivity index (χ0v) is 7.45. The van der Waals surface area contributed by atoms with Gasteiger partial charge < -0.3 is 5.32 Å². The standard InChI is InChI=1S/C6H14N2O2S/c1-3-4-7-5-6-8-11(2,9)10/h3,7-8H,1,4-6H2,2H3. The number of hydrogen-bond acceptors (Lipinski definition) is 3. The number of hydrogen-bond donors (Lipinski definition) is 2. The molecule has 0 aromatic rings. The van der Waals surface area contributed by atoms with E-state index in [1.54, 1.807) is 6.08 Å². The molecule has 66 valence electrons. The highest BCUT2D eigenvalue weighted by Gasteiger charge is 1.96. The molecule has 0 aromatic carbocycles. The van der Waals surface area contributed by atoms with E-state index in [0.717, 1.165) is 6.26 Å². The van der Waals surface area contributed by atoms with Crippen LogP contribution in [0.25, 0.3) is 0 Å². The number of rotatable bonds is 6. The molecular weight excluding hydrogens is 164 g/mol. The third-order valence-electron chi connectivity index (χ3n) is 0.955. The summed E-state index contributed by atoms with van der Waals surface area (Å²) in [5.41, 5.74) is 0. The molecule has 0 rings (SSSR count). The number of sulfonamides is 1. The first kappa shape index (κ1) is 10.6. The minimum atomic E-state index is -3.03. The summed E-state index contributed by atoms with van der Waals surface area (Å²) in [7, 11) is -3.03. The lowest BCUT2D eigenvalue weighted by molar-refractivity contribution is 0.584. The Hall–Kier alpha value is -0.390. The summed E-state index contributed by atoms with van der Waals surface area (Å²) in [5, 5.41) is 2.96. The molecule has 0 radical (unpaired) electrons. The summed E-state index contributed by atoms with van der Waals surface area (Å²) < 4.78 is 23.4. The predicted octanol–water partition coefficient (Wildman–Crippen LogP) is -0.689. The summed E-state index contributed by atoms with van der Waals surface area (Å²) in [5.74, 6) is 0. The van der Waals surface area contributed by atoms with Gasteiger partial charge in [0.15, 0.2) is 0 Å². The van der Waals surface area contributed by atoms with Gasteiger partial charge in [-0.05, 0) is 0 Å². The Labute approximate surface area is 67.7 Å². The van der Waals surface area contributed by atoms with Crippen molar-refractivity contribution in [3.8, 4) is 0 Å². The highest BCUT2D eigenvalue weighted by molar-refractivity contribution is 7.88. The average molecular weight is 178 g/mol. The molecule has 0 saturated heterocycles. The van der Waals surface area contributed by atoms with Crippen LogP contribution in [-0.4, -0.2) is 34.3 Å². The zero-order chi connectivity index (χ0) is 8.74. The van der Waals surface area contributed by atoms with Crippen LogP contribution in [0.1, 0.15) is 0 Å². The Balaban J connectivity index is 3.22. The molecule has 11 heavy (non-hydrogen) atoms. The van der Waals surface area contributed by atoms with Crippen molar-refractivity contribution in [2.24, 2.45) is 0 Å². The maximum absolute atomic E-state index is 10.5. The van der Waals surface area contributed by atoms with Crippen LogP contribution in [0.4, 0.5) is 0 Å². The van der Waals surface area contributed by atoms with Crippen molar-refractivity contribution in [3.05, 3.63) is 12.7 Å². The molecule has 0 fully saturated rings. The van der Waals surface area contributed by atoms with Crippen LogP contribution in [-0.2, 0) is 10.0 Å². The second-order valence-corrected chi connectivity index (χ2v) is 3.99. The quantitative estimate of drug-likeness (QED) is 0.418. The summed E-state index contributed by atoms with van der Waals surface area (Å²) in [6.07, 6.45) is 2.86. The fourth-order valence-corrected chi connectivity index (χ4v) is 1.00. The van der Waals surface area contributed by atoms with Crippen LogP contribution in [0, 0.1) is 0 Å². The van der Waals surface area contributed by atoms with Gasteiger partial charge in [0.2, 0.25) is 10.0 Å². The maximum atomic E-state index is 10.5. The summed E-state index contributed by atoms with van der Waals surface area (Å²) in [4.78, 5) is 0. The lowest BCUT2D eigenvalue weighted by atomic mass is 10.6. The van der Waals surface area contributed by atoms with E-state index < -0.39 is 10.0 Å². The van der Waals surface area contributed by atoms with Gasteiger partial charge in [0.25, 0.3) is 0 Å². The number of nitrogens with one attached hydrogen (secondary N) is 2.